The lowest BCUT2D eigenvalue weighted by atomic mass is 10.2. The van der Waals surface area contributed by atoms with Crippen molar-refractivity contribution >= 4 is 29.3 Å². The van der Waals surface area contributed by atoms with E-state index < -0.39 is 0 Å². The smallest absolute Gasteiger partial charge is 0.240 e. The maximum Gasteiger partial charge on any atom is 0.240 e. The molecule has 0 aromatic heterocycles. The van der Waals surface area contributed by atoms with E-state index >= 15 is 0 Å². The Balaban J connectivity index is 2.01. The fraction of sp³-hybridized carbons (Fsp3) is 0.429. The van der Waals surface area contributed by atoms with E-state index in [9.17, 15) is 9.59 Å². The molecular weight excluding hydrogens is 274 g/mol. The molecule has 1 aromatic rings. The van der Waals surface area contributed by atoms with Crippen LogP contribution in [0.1, 0.15) is 6.92 Å². The summed E-state index contributed by atoms with van der Waals surface area (Å²) < 4.78 is 0. The van der Waals surface area contributed by atoms with Gasteiger partial charge in [0.15, 0.2) is 0 Å². The lowest BCUT2D eigenvalue weighted by Gasteiger charge is -2.28. The van der Waals surface area contributed by atoms with Crippen LogP contribution in [0.3, 0.4) is 0 Å². The molecule has 0 spiro atoms. The highest BCUT2D eigenvalue weighted by molar-refractivity contribution is 8.00. The molecule has 1 aliphatic rings. The highest BCUT2D eigenvalue weighted by atomic mass is 32.2. The first-order valence-corrected chi connectivity index (χ1v) is 7.56. The molecule has 20 heavy (non-hydrogen) atoms. The molecule has 5 nitrogen and oxygen atoms in total. The van der Waals surface area contributed by atoms with Crippen LogP contribution >= 0.6 is 11.8 Å². The second-order valence-corrected chi connectivity index (χ2v) is 5.75. The minimum absolute atomic E-state index is 0.0227. The van der Waals surface area contributed by atoms with Crippen LogP contribution in [0.4, 0.5) is 5.69 Å². The van der Waals surface area contributed by atoms with Crippen LogP contribution in [0, 0.1) is 0 Å². The quantitative estimate of drug-likeness (QED) is 0.845. The molecular formula is C14H19N3O2S. The average molecular weight is 293 g/mol. The van der Waals surface area contributed by atoms with Crippen molar-refractivity contribution in [3.05, 3.63) is 24.3 Å². The van der Waals surface area contributed by atoms with Gasteiger partial charge in [0, 0.05) is 17.5 Å². The largest absolute Gasteiger partial charge is 0.353 e. The number of benzene rings is 1. The summed E-state index contributed by atoms with van der Waals surface area (Å²) in [7, 11) is 1.85. The molecule has 0 aliphatic carbocycles. The number of nitrogens with one attached hydrogen (secondary N) is 2. The lowest BCUT2D eigenvalue weighted by Crippen LogP contribution is -2.45. The van der Waals surface area contributed by atoms with Gasteiger partial charge in [-0.25, -0.2) is 0 Å². The van der Waals surface area contributed by atoms with Gasteiger partial charge in [-0.2, -0.15) is 0 Å². The van der Waals surface area contributed by atoms with E-state index in [1.165, 1.54) is 11.8 Å². The van der Waals surface area contributed by atoms with Gasteiger partial charge in [-0.3, -0.25) is 9.59 Å². The molecule has 1 aromatic carbocycles. The molecule has 1 unspecified atom stereocenters. The van der Waals surface area contributed by atoms with E-state index in [0.717, 1.165) is 10.6 Å². The predicted molar refractivity (Wildman–Crippen MR) is 81.1 cm³/mol. The van der Waals surface area contributed by atoms with Crippen molar-refractivity contribution in [3.63, 3.8) is 0 Å². The molecule has 0 saturated heterocycles. The Bertz CT molecular complexity index is 507. The van der Waals surface area contributed by atoms with Crippen LogP contribution < -0.4 is 15.5 Å². The molecule has 1 atom stereocenters. The summed E-state index contributed by atoms with van der Waals surface area (Å²) in [5.41, 5.74) is 0.825. The zero-order valence-corrected chi connectivity index (χ0v) is 12.5. The van der Waals surface area contributed by atoms with E-state index in [0.29, 0.717) is 12.3 Å². The van der Waals surface area contributed by atoms with Gasteiger partial charge in [0.05, 0.1) is 11.4 Å². The van der Waals surface area contributed by atoms with E-state index in [1.807, 2.05) is 38.2 Å². The van der Waals surface area contributed by atoms with E-state index in [-0.39, 0.29) is 24.4 Å². The Morgan fingerprint density at radius 1 is 1.45 bits per heavy atom. The zero-order valence-electron chi connectivity index (χ0n) is 11.7. The summed E-state index contributed by atoms with van der Waals surface area (Å²) in [6, 6.07) is 7.88. The predicted octanol–water partition coefficient (Wildman–Crippen LogP) is 0.849. The first kappa shape index (κ1) is 14.9. The molecule has 0 fully saturated rings. The van der Waals surface area contributed by atoms with Gasteiger partial charge >= 0.3 is 0 Å². The van der Waals surface area contributed by atoms with Crippen molar-refractivity contribution in [3.8, 4) is 0 Å². The number of carbonyl (C=O) groups excluding carboxylic acids is 2. The minimum atomic E-state index is -0.137. The SMILES string of the molecule is CNC(C)CNC(=O)CN1C(=O)CSc2ccccc21. The second kappa shape index (κ2) is 6.76. The molecule has 2 amide bonds. The number of anilines is 1. The molecule has 6 heteroatoms. The van der Waals surface area contributed by atoms with Crippen LogP contribution in [-0.2, 0) is 9.59 Å². The average Bonchev–Trinajstić information content (AvgIpc) is 2.47. The first-order valence-electron chi connectivity index (χ1n) is 6.58. The summed E-state index contributed by atoms with van der Waals surface area (Å²) in [6.07, 6.45) is 0. The van der Waals surface area contributed by atoms with Gasteiger partial charge in [0.1, 0.15) is 6.54 Å². The third-order valence-corrected chi connectivity index (χ3v) is 4.26. The Labute approximate surface area is 123 Å². The molecule has 0 bridgehead atoms. The Hall–Kier alpha value is -1.53. The third kappa shape index (κ3) is 3.52. The van der Waals surface area contributed by atoms with E-state index in [4.69, 9.17) is 0 Å². The van der Waals surface area contributed by atoms with Gasteiger partial charge < -0.3 is 15.5 Å². The van der Waals surface area contributed by atoms with Crippen molar-refractivity contribution in [2.24, 2.45) is 0 Å². The maximum absolute atomic E-state index is 12.0. The van der Waals surface area contributed by atoms with Crippen LogP contribution in [0.2, 0.25) is 0 Å². The van der Waals surface area contributed by atoms with Gasteiger partial charge in [-0.1, -0.05) is 12.1 Å². The molecule has 2 N–H and O–H groups in total. The topological polar surface area (TPSA) is 61.4 Å². The number of hydrogen-bond donors (Lipinski definition) is 2. The summed E-state index contributed by atoms with van der Waals surface area (Å²) in [4.78, 5) is 26.6. The number of hydrogen-bond acceptors (Lipinski definition) is 4. The second-order valence-electron chi connectivity index (χ2n) is 4.73. The third-order valence-electron chi connectivity index (χ3n) is 3.21. The van der Waals surface area contributed by atoms with E-state index in [2.05, 4.69) is 10.6 Å². The normalized spacial score (nSPS) is 15.7. The molecule has 1 heterocycles. The van der Waals surface area contributed by atoms with Crippen molar-refractivity contribution in [2.75, 3.05) is 30.8 Å². The number of nitrogens with zero attached hydrogens (tertiary/aromatic N) is 1. The number of likely N-dealkylation sites (N-methyl/N-ethyl adjacent to an activating group) is 1. The summed E-state index contributed by atoms with van der Waals surface area (Å²) in [5.74, 6) is 0.227. The van der Waals surface area contributed by atoms with Crippen molar-refractivity contribution in [1.29, 1.82) is 0 Å². The number of rotatable bonds is 5. The van der Waals surface area contributed by atoms with Gasteiger partial charge in [-0.05, 0) is 26.1 Å². The van der Waals surface area contributed by atoms with Crippen molar-refractivity contribution in [1.82, 2.24) is 10.6 Å². The standard InChI is InChI=1S/C14H19N3O2S/c1-10(15-2)7-16-13(18)8-17-11-5-3-4-6-12(11)20-9-14(17)19/h3-6,10,15H,7-9H2,1-2H3,(H,16,18). The van der Waals surface area contributed by atoms with Gasteiger partial charge in [-0.15, -0.1) is 11.8 Å². The van der Waals surface area contributed by atoms with Gasteiger partial charge in [0.25, 0.3) is 0 Å². The molecule has 108 valence electrons. The minimum Gasteiger partial charge on any atom is -0.353 e. The van der Waals surface area contributed by atoms with Crippen LogP contribution in [-0.4, -0.2) is 43.7 Å². The number of para-hydroxylation sites is 1. The molecule has 0 radical (unpaired) electrons. The van der Waals surface area contributed by atoms with Crippen LogP contribution in [0.25, 0.3) is 0 Å². The Morgan fingerprint density at radius 2 is 2.20 bits per heavy atom. The molecule has 1 aliphatic heterocycles. The van der Waals surface area contributed by atoms with Crippen LogP contribution in [0.15, 0.2) is 29.2 Å². The molecule has 0 saturated carbocycles. The highest BCUT2D eigenvalue weighted by Crippen LogP contribution is 2.34. The lowest BCUT2D eigenvalue weighted by molar-refractivity contribution is -0.123. The number of carbonyl (C=O) groups is 2. The fourth-order valence-electron chi connectivity index (χ4n) is 1.90. The first-order chi connectivity index (χ1) is 9.61. The maximum atomic E-state index is 12.0. The number of fused-ring (bicyclic) bond motifs is 1. The monoisotopic (exact) mass is 293 g/mol. The Kier molecular flexibility index (Phi) is 5.03. The van der Waals surface area contributed by atoms with Crippen molar-refractivity contribution < 1.29 is 9.59 Å². The Morgan fingerprint density at radius 3 is 2.95 bits per heavy atom. The van der Waals surface area contributed by atoms with Gasteiger partial charge in [0.2, 0.25) is 11.8 Å². The summed E-state index contributed by atoms with van der Waals surface area (Å²) in [6.45, 7) is 2.61. The number of amides is 2. The fourth-order valence-corrected chi connectivity index (χ4v) is 2.83. The summed E-state index contributed by atoms with van der Waals surface area (Å²) in [5, 5.41) is 5.88. The van der Waals surface area contributed by atoms with Crippen LogP contribution in [0.5, 0.6) is 0 Å². The highest BCUT2D eigenvalue weighted by Gasteiger charge is 2.26. The number of thioether (sulfide) groups is 1. The summed E-state index contributed by atoms with van der Waals surface area (Å²) >= 11 is 1.52. The zero-order chi connectivity index (χ0) is 14.5. The molecule has 2 rings (SSSR count). The van der Waals surface area contributed by atoms with Crippen molar-refractivity contribution in [2.45, 2.75) is 17.9 Å². The van der Waals surface area contributed by atoms with E-state index in [1.54, 1.807) is 4.90 Å².